The quantitative estimate of drug-likeness (QED) is 0.135. The Morgan fingerprint density at radius 2 is 1.25 bits per heavy atom. The van der Waals surface area contributed by atoms with Crippen molar-refractivity contribution in [3.05, 3.63) is 241 Å². The van der Waals surface area contributed by atoms with Gasteiger partial charge in [0, 0.05) is 6.20 Å². The molecule has 0 N–H and O–H groups in total. The Balaban J connectivity index is 0.000000522. The van der Waals surface area contributed by atoms with Crippen LogP contribution < -0.4 is 0 Å². The van der Waals surface area contributed by atoms with Gasteiger partial charge in [-0.3, -0.25) is 4.98 Å². The normalized spacial score (nSPS) is 15.9. The van der Waals surface area contributed by atoms with Crippen molar-refractivity contribution in [3.63, 3.8) is 0 Å². The number of aromatic nitrogens is 1. The Hall–Kier alpha value is -6.31. The van der Waals surface area contributed by atoms with Crippen molar-refractivity contribution in [2.75, 3.05) is 0 Å². The molecule has 1 nitrogen and oxygen atoms in total. The minimum atomic E-state index is -0.107. The van der Waals surface area contributed by atoms with Gasteiger partial charge < -0.3 is 0 Å². The number of hydrogen-bond donors (Lipinski definition) is 0. The summed E-state index contributed by atoms with van der Waals surface area (Å²) in [7, 11) is 0. The predicted molar refractivity (Wildman–Crippen MR) is 225 cm³/mol. The molecule has 7 rings (SSSR count). The first-order chi connectivity index (χ1) is 25.4. The molecule has 0 saturated carbocycles. The molecule has 1 heterocycles. The maximum absolute atomic E-state index is 4.70. The molecule has 5 aromatic rings. The Kier molecular flexibility index (Phi) is 11.3. The van der Waals surface area contributed by atoms with E-state index in [2.05, 4.69) is 198 Å². The van der Waals surface area contributed by atoms with Crippen molar-refractivity contribution in [2.45, 2.75) is 26.2 Å². The van der Waals surface area contributed by atoms with Gasteiger partial charge in [-0.1, -0.05) is 189 Å². The Bertz CT molecular complexity index is 2250. The molecule has 1 unspecified atom stereocenters. The van der Waals surface area contributed by atoms with Crippen LogP contribution in [0.15, 0.2) is 219 Å². The van der Waals surface area contributed by atoms with Crippen molar-refractivity contribution >= 4 is 16.7 Å². The van der Waals surface area contributed by atoms with E-state index in [1.54, 1.807) is 6.08 Å². The molecule has 254 valence electrons. The molecular formula is C51H45N. The lowest BCUT2D eigenvalue weighted by molar-refractivity contribution is 0.889. The fourth-order valence-electron chi connectivity index (χ4n) is 6.24. The first kappa shape index (κ1) is 35.5. The highest BCUT2D eigenvalue weighted by molar-refractivity contribution is 5.91. The van der Waals surface area contributed by atoms with Gasteiger partial charge in [-0.15, -0.1) is 0 Å². The number of pyridine rings is 1. The smallest absolute Gasteiger partial charge is 0.0742 e. The van der Waals surface area contributed by atoms with Gasteiger partial charge in [-0.2, -0.15) is 0 Å². The number of hydrogen-bond acceptors (Lipinski definition) is 1. The van der Waals surface area contributed by atoms with Gasteiger partial charge in [0.2, 0.25) is 0 Å². The summed E-state index contributed by atoms with van der Waals surface area (Å²) in [4.78, 5) is 4.70. The highest BCUT2D eigenvalue weighted by atomic mass is 14.7. The second-order valence-electron chi connectivity index (χ2n) is 13.3. The molecule has 0 radical (unpaired) electrons. The molecule has 0 fully saturated rings. The molecule has 1 aromatic heterocycles. The predicted octanol–water partition coefficient (Wildman–Crippen LogP) is 13.6. The van der Waals surface area contributed by atoms with Crippen LogP contribution in [0.3, 0.4) is 0 Å². The zero-order chi connectivity index (χ0) is 36.3. The minimum absolute atomic E-state index is 0.107. The largest absolute Gasteiger partial charge is 0.260 e. The van der Waals surface area contributed by atoms with E-state index in [1.807, 2.05) is 24.4 Å². The number of fused-ring (bicyclic) bond motifs is 1. The molecule has 0 aliphatic heterocycles. The van der Waals surface area contributed by atoms with Gasteiger partial charge in [0.25, 0.3) is 0 Å². The van der Waals surface area contributed by atoms with Crippen LogP contribution in [0.25, 0.3) is 39.0 Å². The fraction of sp³-hybridized carbons (Fsp3) is 0.0784. The van der Waals surface area contributed by atoms with E-state index < -0.39 is 0 Å². The highest BCUT2D eigenvalue weighted by Gasteiger charge is 2.44. The van der Waals surface area contributed by atoms with Crippen LogP contribution in [0.5, 0.6) is 0 Å². The SMILES string of the molecule is C=C(/C=C(\C=C(/C)c1ccccc1)c1ccccc1)c1ccc(-c2ccc(-c3ccnc(C45C=CC=CC4=C5)c3)cc2)cc1.C=C/C=C\C=C(C)C. The van der Waals surface area contributed by atoms with Gasteiger partial charge in [0.15, 0.2) is 0 Å². The maximum atomic E-state index is 4.70. The molecule has 52 heavy (non-hydrogen) atoms. The second-order valence-corrected chi connectivity index (χ2v) is 13.3. The lowest BCUT2D eigenvalue weighted by Gasteiger charge is -2.15. The molecule has 1 heteroatoms. The number of rotatable bonds is 10. The molecule has 1 atom stereocenters. The highest BCUT2D eigenvalue weighted by Crippen LogP contribution is 2.50. The average molecular weight is 672 g/mol. The van der Waals surface area contributed by atoms with Gasteiger partial charge in [-0.25, -0.2) is 0 Å². The molecule has 2 aliphatic carbocycles. The summed E-state index contributed by atoms with van der Waals surface area (Å²) < 4.78 is 0. The van der Waals surface area contributed by atoms with Crippen LogP contribution in [-0.2, 0) is 5.41 Å². The Morgan fingerprint density at radius 1 is 0.635 bits per heavy atom. The molecule has 0 spiro atoms. The summed E-state index contributed by atoms with van der Waals surface area (Å²) in [5.74, 6) is 0. The van der Waals surface area contributed by atoms with Crippen LogP contribution in [0, 0.1) is 0 Å². The molecular weight excluding hydrogens is 627 g/mol. The molecule has 0 bridgehead atoms. The molecule has 0 saturated heterocycles. The Labute approximate surface area is 310 Å². The summed E-state index contributed by atoms with van der Waals surface area (Å²) in [6.45, 7) is 14.3. The zero-order valence-corrected chi connectivity index (χ0v) is 30.3. The Morgan fingerprint density at radius 3 is 1.87 bits per heavy atom. The number of allylic oxidation sites excluding steroid dienone is 16. The number of nitrogens with zero attached hydrogens (tertiary/aromatic N) is 1. The van der Waals surface area contributed by atoms with Crippen LogP contribution in [0.4, 0.5) is 0 Å². The molecule has 0 amide bonds. The fourth-order valence-corrected chi connectivity index (χ4v) is 6.24. The minimum Gasteiger partial charge on any atom is -0.260 e. The van der Waals surface area contributed by atoms with Crippen molar-refractivity contribution in [1.29, 1.82) is 0 Å². The van der Waals surface area contributed by atoms with Gasteiger partial charge in [0.1, 0.15) is 0 Å². The van der Waals surface area contributed by atoms with Crippen LogP contribution >= 0.6 is 0 Å². The topological polar surface area (TPSA) is 12.9 Å². The summed E-state index contributed by atoms with van der Waals surface area (Å²) in [6, 6.07) is 42.8. The van der Waals surface area contributed by atoms with Crippen molar-refractivity contribution in [2.24, 2.45) is 0 Å². The van der Waals surface area contributed by atoms with Gasteiger partial charge in [-0.05, 0) is 100 Å². The zero-order valence-electron chi connectivity index (χ0n) is 30.3. The third kappa shape index (κ3) is 8.70. The standard InChI is InChI=1S/C43H33N.C8H12/c1-31(33-11-5-3-6-12-33)27-40(35-13-7-4-8-14-35)28-32(2)34-16-18-36(19-17-34)37-20-22-38(23-21-37)39-24-26-44-42(29-39)43-25-10-9-15-41(43)30-43;1-4-5-6-7-8(2)3/h3-30H,2H2,1H3;4-7H,1H2,2-3H3/b31-27+,40-28+;6-5-. The first-order valence-corrected chi connectivity index (χ1v) is 17.8. The van der Waals surface area contributed by atoms with Gasteiger partial charge in [0.05, 0.1) is 11.1 Å². The van der Waals surface area contributed by atoms with E-state index in [4.69, 9.17) is 4.98 Å². The second kappa shape index (κ2) is 16.6. The van der Waals surface area contributed by atoms with E-state index in [9.17, 15) is 0 Å². The molecule has 2 aliphatic rings. The van der Waals surface area contributed by atoms with Crippen molar-refractivity contribution < 1.29 is 0 Å². The van der Waals surface area contributed by atoms with Crippen molar-refractivity contribution in [3.8, 4) is 22.3 Å². The lowest BCUT2D eigenvalue weighted by atomic mass is 9.90. The van der Waals surface area contributed by atoms with Crippen LogP contribution in [0.2, 0.25) is 0 Å². The third-order valence-corrected chi connectivity index (χ3v) is 9.23. The summed E-state index contributed by atoms with van der Waals surface area (Å²) in [5, 5.41) is 0. The van der Waals surface area contributed by atoms with E-state index in [0.717, 1.165) is 22.4 Å². The van der Waals surface area contributed by atoms with E-state index in [-0.39, 0.29) is 5.41 Å². The van der Waals surface area contributed by atoms with E-state index in [0.29, 0.717) is 0 Å². The summed E-state index contributed by atoms with van der Waals surface area (Å²) in [5.41, 5.74) is 15.2. The number of benzene rings is 4. The monoisotopic (exact) mass is 671 g/mol. The molecule has 4 aromatic carbocycles. The van der Waals surface area contributed by atoms with Gasteiger partial charge >= 0.3 is 0 Å². The third-order valence-electron chi connectivity index (χ3n) is 9.23. The first-order valence-electron chi connectivity index (χ1n) is 17.8. The maximum Gasteiger partial charge on any atom is 0.0742 e. The lowest BCUT2D eigenvalue weighted by Crippen LogP contribution is -2.11. The summed E-state index contributed by atoms with van der Waals surface area (Å²) in [6.07, 6.45) is 24.9. The van der Waals surface area contributed by atoms with E-state index >= 15 is 0 Å². The van der Waals surface area contributed by atoms with E-state index in [1.165, 1.54) is 50.1 Å². The van der Waals surface area contributed by atoms with Crippen molar-refractivity contribution in [1.82, 2.24) is 4.98 Å². The van der Waals surface area contributed by atoms with Crippen LogP contribution in [0.1, 0.15) is 43.2 Å². The summed E-state index contributed by atoms with van der Waals surface area (Å²) >= 11 is 0. The van der Waals surface area contributed by atoms with Crippen LogP contribution in [-0.4, -0.2) is 4.98 Å². The average Bonchev–Trinajstić information content (AvgIpc) is 3.95.